The zero-order chi connectivity index (χ0) is 26.4. The van der Waals surface area contributed by atoms with Gasteiger partial charge in [0.25, 0.3) is 5.91 Å². The SMILES string of the molecule is C=C(F)c1ccc(NC(=O)c2cc(NC(=O)[C@@H]3[C@@H](c4cc(Cl)cc(Cl)c4)C3(Cl)Cl)ccc2Cl)nc1F. The smallest absolute Gasteiger partial charge is 0.258 e. The Labute approximate surface area is 229 Å². The number of pyridine rings is 1. The standard InChI is InChI=1S/C24H14Cl5F2N3O2/c1-10(30)15-3-5-18(33-21(15)31)34-22(35)16-9-14(2-4-17(16)27)32-23(36)20-19(24(20,28)29)11-6-12(25)8-13(26)7-11/h2-9,19-20H,1H2,(H,32,36)(H,33,34,35)/t19-,20+/m1/s1. The van der Waals surface area contributed by atoms with Gasteiger partial charge in [0.15, 0.2) is 0 Å². The van der Waals surface area contributed by atoms with Gasteiger partial charge in [-0.2, -0.15) is 4.39 Å². The van der Waals surface area contributed by atoms with E-state index in [-0.39, 0.29) is 22.1 Å². The van der Waals surface area contributed by atoms with E-state index in [1.807, 2.05) is 0 Å². The molecule has 1 fully saturated rings. The number of hydrogen-bond acceptors (Lipinski definition) is 3. The predicted octanol–water partition coefficient (Wildman–Crippen LogP) is 7.90. The Morgan fingerprint density at radius 2 is 1.61 bits per heavy atom. The second-order valence-corrected chi connectivity index (χ2v) is 10.6. The van der Waals surface area contributed by atoms with Crippen molar-refractivity contribution < 1.29 is 18.4 Å². The van der Waals surface area contributed by atoms with Crippen molar-refractivity contribution in [1.29, 1.82) is 0 Å². The highest BCUT2D eigenvalue weighted by atomic mass is 35.5. The summed E-state index contributed by atoms with van der Waals surface area (Å²) < 4.78 is 25.7. The number of benzene rings is 2. The Kier molecular flexibility index (Phi) is 7.51. The summed E-state index contributed by atoms with van der Waals surface area (Å²) in [6.07, 6.45) is 0. The highest BCUT2D eigenvalue weighted by molar-refractivity contribution is 6.53. The summed E-state index contributed by atoms with van der Waals surface area (Å²) in [5.41, 5.74) is 0.379. The van der Waals surface area contributed by atoms with Crippen molar-refractivity contribution in [3.05, 3.63) is 92.8 Å². The molecule has 3 aromatic rings. The van der Waals surface area contributed by atoms with E-state index in [1.165, 1.54) is 24.3 Å². The van der Waals surface area contributed by atoms with Gasteiger partial charge in [-0.05, 0) is 54.1 Å². The highest BCUT2D eigenvalue weighted by Crippen LogP contribution is 2.65. The fourth-order valence-corrected chi connectivity index (χ4v) is 5.28. The summed E-state index contributed by atoms with van der Waals surface area (Å²) in [6.45, 7) is 3.01. The van der Waals surface area contributed by atoms with Crippen LogP contribution in [0.1, 0.15) is 27.4 Å². The minimum atomic E-state index is -1.39. The van der Waals surface area contributed by atoms with Gasteiger partial charge in [0.05, 0.1) is 22.1 Å². The van der Waals surface area contributed by atoms with Gasteiger partial charge in [-0.25, -0.2) is 9.37 Å². The van der Waals surface area contributed by atoms with Crippen LogP contribution >= 0.6 is 58.0 Å². The molecule has 0 aliphatic heterocycles. The minimum Gasteiger partial charge on any atom is -0.326 e. The number of nitrogens with zero attached hydrogens (tertiary/aromatic N) is 1. The second-order valence-electron chi connectivity index (χ2n) is 7.91. The van der Waals surface area contributed by atoms with Crippen LogP contribution in [0, 0.1) is 11.9 Å². The average molecular weight is 592 g/mol. The highest BCUT2D eigenvalue weighted by Gasteiger charge is 2.67. The molecule has 0 spiro atoms. The Morgan fingerprint density at radius 3 is 2.22 bits per heavy atom. The molecule has 0 saturated heterocycles. The fourth-order valence-electron chi connectivity index (χ4n) is 3.71. The van der Waals surface area contributed by atoms with Crippen molar-refractivity contribution in [2.75, 3.05) is 10.6 Å². The van der Waals surface area contributed by atoms with E-state index in [0.29, 0.717) is 15.6 Å². The van der Waals surface area contributed by atoms with Crippen LogP contribution in [0.5, 0.6) is 0 Å². The van der Waals surface area contributed by atoms with Gasteiger partial charge >= 0.3 is 0 Å². The lowest BCUT2D eigenvalue weighted by Crippen LogP contribution is -2.18. The quantitative estimate of drug-likeness (QED) is 0.226. The molecule has 2 atom stereocenters. The number of amides is 2. The van der Waals surface area contributed by atoms with Crippen LogP contribution in [0.3, 0.4) is 0 Å². The third kappa shape index (κ3) is 5.45. The zero-order valence-electron chi connectivity index (χ0n) is 17.9. The summed E-state index contributed by atoms with van der Waals surface area (Å²) in [5.74, 6) is -4.94. The molecule has 1 heterocycles. The van der Waals surface area contributed by atoms with Crippen LogP contribution in [-0.4, -0.2) is 21.1 Å². The molecule has 1 aromatic heterocycles. The van der Waals surface area contributed by atoms with Gasteiger partial charge in [-0.3, -0.25) is 9.59 Å². The average Bonchev–Trinajstić information content (AvgIpc) is 3.36. The third-order valence-corrected chi connectivity index (χ3v) is 7.15. The molecule has 1 saturated carbocycles. The van der Waals surface area contributed by atoms with E-state index in [1.54, 1.807) is 18.2 Å². The van der Waals surface area contributed by atoms with Gasteiger partial charge in [0.1, 0.15) is 16.0 Å². The number of anilines is 2. The first-order valence-corrected chi connectivity index (χ1v) is 12.0. The van der Waals surface area contributed by atoms with E-state index in [9.17, 15) is 18.4 Å². The van der Waals surface area contributed by atoms with E-state index in [2.05, 4.69) is 22.2 Å². The molecule has 2 amide bonds. The molecule has 2 N–H and O–H groups in total. The lowest BCUT2D eigenvalue weighted by molar-refractivity contribution is -0.117. The lowest BCUT2D eigenvalue weighted by atomic mass is 10.1. The lowest BCUT2D eigenvalue weighted by Gasteiger charge is -2.10. The first-order valence-electron chi connectivity index (χ1n) is 10.2. The molecule has 0 bridgehead atoms. The maximum atomic E-state index is 13.9. The third-order valence-electron chi connectivity index (χ3n) is 5.44. The van der Waals surface area contributed by atoms with E-state index < -0.39 is 45.3 Å². The van der Waals surface area contributed by atoms with Gasteiger partial charge in [0.2, 0.25) is 11.9 Å². The first-order chi connectivity index (χ1) is 16.9. The molecular formula is C24H14Cl5F2N3O2. The molecule has 0 unspecified atom stereocenters. The molecule has 36 heavy (non-hydrogen) atoms. The zero-order valence-corrected chi connectivity index (χ0v) is 21.7. The number of carbonyl (C=O) groups excluding carboxylic acids is 2. The fraction of sp³-hybridized carbons (Fsp3) is 0.125. The number of nitrogens with one attached hydrogen (secondary N) is 2. The van der Waals surface area contributed by atoms with E-state index >= 15 is 0 Å². The number of aromatic nitrogens is 1. The summed E-state index contributed by atoms with van der Waals surface area (Å²) in [4.78, 5) is 29.2. The number of halogens is 7. The molecule has 0 radical (unpaired) electrons. The first kappa shape index (κ1) is 26.6. The van der Waals surface area contributed by atoms with Crippen LogP contribution < -0.4 is 10.6 Å². The van der Waals surface area contributed by atoms with Crippen molar-refractivity contribution in [3.8, 4) is 0 Å². The van der Waals surface area contributed by atoms with Crippen molar-refractivity contribution in [3.63, 3.8) is 0 Å². The van der Waals surface area contributed by atoms with Crippen molar-refractivity contribution in [1.82, 2.24) is 4.98 Å². The largest absolute Gasteiger partial charge is 0.326 e. The number of alkyl halides is 2. The van der Waals surface area contributed by atoms with Gasteiger partial charge in [-0.15, -0.1) is 23.2 Å². The van der Waals surface area contributed by atoms with Crippen molar-refractivity contribution in [2.24, 2.45) is 5.92 Å². The number of rotatable bonds is 6. The van der Waals surface area contributed by atoms with Crippen LogP contribution in [0.4, 0.5) is 20.3 Å². The van der Waals surface area contributed by atoms with Crippen molar-refractivity contribution in [2.45, 2.75) is 10.3 Å². The van der Waals surface area contributed by atoms with E-state index in [0.717, 1.165) is 6.07 Å². The van der Waals surface area contributed by atoms with Crippen LogP contribution in [0.15, 0.2) is 55.1 Å². The molecule has 4 rings (SSSR count). The Morgan fingerprint density at radius 1 is 0.944 bits per heavy atom. The van der Waals surface area contributed by atoms with Gasteiger partial charge in [0, 0.05) is 21.7 Å². The number of hydrogen-bond donors (Lipinski definition) is 2. The topological polar surface area (TPSA) is 71.1 Å². The van der Waals surface area contributed by atoms with Crippen molar-refractivity contribution >= 4 is 87.2 Å². The number of carbonyl (C=O) groups is 2. The van der Waals surface area contributed by atoms with Crippen LogP contribution in [0.25, 0.3) is 5.83 Å². The van der Waals surface area contributed by atoms with E-state index in [4.69, 9.17) is 58.0 Å². The summed E-state index contributed by atoms with van der Waals surface area (Å²) in [5, 5.41) is 5.84. The molecule has 1 aliphatic carbocycles. The Hall–Kier alpha value is -2.42. The predicted molar refractivity (Wildman–Crippen MR) is 140 cm³/mol. The Bertz CT molecular complexity index is 1400. The normalized spacial score (nSPS) is 17.9. The van der Waals surface area contributed by atoms with Crippen LogP contribution in [-0.2, 0) is 4.79 Å². The summed E-state index contributed by atoms with van der Waals surface area (Å²) >= 11 is 31.0. The second kappa shape index (κ2) is 10.1. The van der Waals surface area contributed by atoms with Gasteiger partial charge in [-0.1, -0.05) is 41.4 Å². The molecule has 1 aliphatic rings. The molecule has 2 aromatic carbocycles. The minimum absolute atomic E-state index is 0.0346. The monoisotopic (exact) mass is 589 g/mol. The molecule has 186 valence electrons. The summed E-state index contributed by atoms with van der Waals surface area (Å²) in [6, 6.07) is 11.3. The van der Waals surface area contributed by atoms with Gasteiger partial charge < -0.3 is 10.6 Å². The summed E-state index contributed by atoms with van der Waals surface area (Å²) in [7, 11) is 0. The Balaban J connectivity index is 1.50. The molecular weight excluding hydrogens is 578 g/mol. The van der Waals surface area contributed by atoms with Crippen LogP contribution in [0.2, 0.25) is 15.1 Å². The molecule has 12 heteroatoms. The maximum absolute atomic E-state index is 13.9. The molecule has 5 nitrogen and oxygen atoms in total. The maximum Gasteiger partial charge on any atom is 0.258 e.